The fourth-order valence-electron chi connectivity index (χ4n) is 1.55. The lowest BCUT2D eigenvalue weighted by atomic mass is 10.1. The van der Waals surface area contributed by atoms with Crippen molar-refractivity contribution in [1.82, 2.24) is 9.97 Å². The van der Waals surface area contributed by atoms with E-state index in [9.17, 15) is 4.39 Å². The van der Waals surface area contributed by atoms with Crippen molar-refractivity contribution >= 4 is 5.95 Å². The molecule has 1 aromatic heterocycles. The van der Waals surface area contributed by atoms with Gasteiger partial charge >= 0.3 is 0 Å². The third-order valence-electron chi connectivity index (χ3n) is 2.57. The Balaban J connectivity index is 2.34. The highest BCUT2D eigenvalue weighted by Crippen LogP contribution is 2.26. The zero-order valence-corrected chi connectivity index (χ0v) is 11.1. The van der Waals surface area contributed by atoms with Crippen molar-refractivity contribution in [2.24, 2.45) is 0 Å². The third-order valence-corrected chi connectivity index (χ3v) is 2.57. The predicted octanol–water partition coefficient (Wildman–Crippen LogP) is 3.02. The number of hydrogen-bond acceptors (Lipinski definition) is 5. The summed E-state index contributed by atoms with van der Waals surface area (Å²) in [6.45, 7) is 4.31. The van der Waals surface area contributed by atoms with Gasteiger partial charge in [0.05, 0.1) is 17.8 Å². The van der Waals surface area contributed by atoms with Crippen LogP contribution in [0.4, 0.5) is 10.3 Å². The number of aryl methyl sites for hydroxylation is 1. The Morgan fingerprint density at radius 1 is 1.45 bits per heavy atom. The Hall–Kier alpha value is -2.68. The van der Waals surface area contributed by atoms with Crippen molar-refractivity contribution in [3.05, 3.63) is 41.3 Å². The number of nitriles is 1. The SMILES string of the molecule is CCNc1ncc(F)c(Oc2cc(C#N)ccc2C)n1. The molecule has 1 N–H and O–H groups in total. The second-order valence-corrected chi connectivity index (χ2v) is 4.07. The lowest BCUT2D eigenvalue weighted by Crippen LogP contribution is -2.04. The van der Waals surface area contributed by atoms with Crippen LogP contribution < -0.4 is 10.1 Å². The standard InChI is InChI=1S/C14H13FN4O/c1-3-17-14-18-8-11(15)13(19-14)20-12-6-10(7-16)5-4-9(12)2/h4-6,8H,3H2,1-2H3,(H,17,18,19). The number of nitrogens with one attached hydrogen (secondary N) is 1. The van der Waals surface area contributed by atoms with Gasteiger partial charge in [-0.05, 0) is 31.5 Å². The van der Waals surface area contributed by atoms with E-state index in [4.69, 9.17) is 10.00 Å². The smallest absolute Gasteiger partial charge is 0.260 e. The number of ether oxygens (including phenoxy) is 1. The second kappa shape index (κ2) is 5.97. The zero-order valence-electron chi connectivity index (χ0n) is 11.1. The molecule has 0 unspecified atom stereocenters. The summed E-state index contributed by atoms with van der Waals surface area (Å²) < 4.78 is 19.1. The molecule has 0 spiro atoms. The maximum Gasteiger partial charge on any atom is 0.260 e. The minimum absolute atomic E-state index is 0.172. The minimum Gasteiger partial charge on any atom is -0.436 e. The van der Waals surface area contributed by atoms with Gasteiger partial charge in [0.2, 0.25) is 11.8 Å². The molecule has 0 aliphatic rings. The molecule has 5 nitrogen and oxygen atoms in total. The average Bonchev–Trinajstić information content (AvgIpc) is 2.45. The third kappa shape index (κ3) is 3.01. The molecular weight excluding hydrogens is 259 g/mol. The summed E-state index contributed by atoms with van der Waals surface area (Å²) in [4.78, 5) is 7.75. The van der Waals surface area contributed by atoms with Crippen molar-refractivity contribution in [1.29, 1.82) is 5.26 Å². The molecule has 1 aromatic carbocycles. The van der Waals surface area contributed by atoms with E-state index in [2.05, 4.69) is 15.3 Å². The Morgan fingerprint density at radius 2 is 2.25 bits per heavy atom. The van der Waals surface area contributed by atoms with Gasteiger partial charge in [-0.25, -0.2) is 4.98 Å². The van der Waals surface area contributed by atoms with Crippen molar-refractivity contribution in [3.8, 4) is 17.7 Å². The molecule has 0 amide bonds. The molecule has 0 saturated heterocycles. The van der Waals surface area contributed by atoms with E-state index in [1.807, 2.05) is 13.0 Å². The van der Waals surface area contributed by atoms with E-state index < -0.39 is 5.82 Å². The van der Waals surface area contributed by atoms with Gasteiger partial charge in [0.1, 0.15) is 5.75 Å². The monoisotopic (exact) mass is 272 g/mol. The van der Waals surface area contributed by atoms with Crippen LogP contribution in [0.1, 0.15) is 18.1 Å². The molecular formula is C14H13FN4O. The van der Waals surface area contributed by atoms with Crippen LogP contribution in [0.2, 0.25) is 0 Å². The first kappa shape index (κ1) is 13.7. The van der Waals surface area contributed by atoms with Gasteiger partial charge in [-0.1, -0.05) is 6.07 Å². The molecule has 0 bridgehead atoms. The van der Waals surface area contributed by atoms with Crippen LogP contribution >= 0.6 is 0 Å². The summed E-state index contributed by atoms with van der Waals surface area (Å²) in [5.41, 5.74) is 1.22. The maximum atomic E-state index is 13.7. The van der Waals surface area contributed by atoms with E-state index in [0.29, 0.717) is 17.9 Å². The summed E-state index contributed by atoms with van der Waals surface area (Å²) in [6.07, 6.45) is 1.05. The number of halogens is 1. The van der Waals surface area contributed by atoms with Crippen LogP contribution in [0, 0.1) is 24.1 Å². The summed E-state index contributed by atoms with van der Waals surface area (Å²) in [7, 11) is 0. The van der Waals surface area contributed by atoms with Gasteiger partial charge < -0.3 is 10.1 Å². The number of benzene rings is 1. The van der Waals surface area contributed by atoms with E-state index in [1.54, 1.807) is 25.1 Å². The van der Waals surface area contributed by atoms with Crippen molar-refractivity contribution < 1.29 is 9.13 Å². The van der Waals surface area contributed by atoms with Crippen LogP contribution in [0.3, 0.4) is 0 Å². The van der Waals surface area contributed by atoms with Crippen molar-refractivity contribution in [3.63, 3.8) is 0 Å². The molecule has 0 aliphatic heterocycles. The van der Waals surface area contributed by atoms with E-state index >= 15 is 0 Å². The highest BCUT2D eigenvalue weighted by molar-refractivity contribution is 5.43. The molecule has 0 atom stereocenters. The van der Waals surface area contributed by atoms with Crippen LogP contribution in [-0.2, 0) is 0 Å². The quantitative estimate of drug-likeness (QED) is 0.926. The first-order valence-corrected chi connectivity index (χ1v) is 6.09. The predicted molar refractivity (Wildman–Crippen MR) is 72.1 cm³/mol. The van der Waals surface area contributed by atoms with Gasteiger partial charge in [-0.2, -0.15) is 14.6 Å². The highest BCUT2D eigenvalue weighted by atomic mass is 19.1. The normalized spacial score (nSPS) is 9.90. The lowest BCUT2D eigenvalue weighted by molar-refractivity contribution is 0.418. The van der Waals surface area contributed by atoms with Gasteiger partial charge in [-0.15, -0.1) is 0 Å². The summed E-state index contributed by atoms with van der Waals surface area (Å²) >= 11 is 0. The highest BCUT2D eigenvalue weighted by Gasteiger charge is 2.11. The van der Waals surface area contributed by atoms with E-state index in [0.717, 1.165) is 11.8 Å². The molecule has 2 aromatic rings. The zero-order chi connectivity index (χ0) is 14.5. The minimum atomic E-state index is -0.659. The fourth-order valence-corrected chi connectivity index (χ4v) is 1.55. The molecule has 1 heterocycles. The number of nitrogens with zero attached hydrogens (tertiary/aromatic N) is 3. The Morgan fingerprint density at radius 3 is 2.95 bits per heavy atom. The molecule has 20 heavy (non-hydrogen) atoms. The molecule has 0 fully saturated rings. The van der Waals surface area contributed by atoms with Crippen molar-refractivity contribution in [2.45, 2.75) is 13.8 Å². The van der Waals surface area contributed by atoms with Crippen molar-refractivity contribution in [2.75, 3.05) is 11.9 Å². The van der Waals surface area contributed by atoms with Gasteiger partial charge in [0.25, 0.3) is 5.88 Å². The number of aromatic nitrogens is 2. The molecule has 0 saturated carbocycles. The van der Waals surface area contributed by atoms with Crippen LogP contribution in [0.15, 0.2) is 24.4 Å². The second-order valence-electron chi connectivity index (χ2n) is 4.07. The van der Waals surface area contributed by atoms with E-state index in [-0.39, 0.29) is 11.8 Å². The molecule has 2 rings (SSSR count). The average molecular weight is 272 g/mol. The van der Waals surface area contributed by atoms with Gasteiger partial charge in [0.15, 0.2) is 0 Å². The molecule has 6 heteroatoms. The topological polar surface area (TPSA) is 70.8 Å². The fraction of sp³-hybridized carbons (Fsp3) is 0.214. The Kier molecular flexibility index (Phi) is 4.11. The Bertz CT molecular complexity index is 667. The molecule has 102 valence electrons. The van der Waals surface area contributed by atoms with Crippen LogP contribution in [-0.4, -0.2) is 16.5 Å². The molecule has 0 radical (unpaired) electrons. The number of anilines is 1. The van der Waals surface area contributed by atoms with E-state index in [1.165, 1.54) is 0 Å². The lowest BCUT2D eigenvalue weighted by Gasteiger charge is -2.10. The Labute approximate surface area is 116 Å². The van der Waals surface area contributed by atoms with Gasteiger partial charge in [0, 0.05) is 6.54 Å². The summed E-state index contributed by atoms with van der Waals surface area (Å²) in [5.74, 6) is -0.148. The first-order valence-electron chi connectivity index (χ1n) is 6.09. The summed E-state index contributed by atoms with van der Waals surface area (Å²) in [6, 6.07) is 6.96. The van der Waals surface area contributed by atoms with Crippen LogP contribution in [0.5, 0.6) is 11.6 Å². The first-order chi connectivity index (χ1) is 9.63. The summed E-state index contributed by atoms with van der Waals surface area (Å²) in [5, 5.41) is 11.7. The van der Waals surface area contributed by atoms with Gasteiger partial charge in [-0.3, -0.25) is 0 Å². The number of hydrogen-bond donors (Lipinski definition) is 1. The largest absolute Gasteiger partial charge is 0.436 e. The van der Waals surface area contributed by atoms with Crippen LogP contribution in [0.25, 0.3) is 0 Å². The molecule has 0 aliphatic carbocycles. The maximum absolute atomic E-state index is 13.7. The number of rotatable bonds is 4.